The summed E-state index contributed by atoms with van der Waals surface area (Å²) >= 11 is 0. The van der Waals surface area contributed by atoms with Crippen LogP contribution in [0.2, 0.25) is 0 Å². The Kier molecular flexibility index (Phi) is 4.99. The van der Waals surface area contributed by atoms with E-state index in [1.807, 2.05) is 12.1 Å². The highest BCUT2D eigenvalue weighted by atomic mass is 32.2. The second-order valence-electron chi connectivity index (χ2n) is 6.48. The summed E-state index contributed by atoms with van der Waals surface area (Å²) in [6, 6.07) is 5.45. The molecule has 1 aliphatic heterocycles. The molecule has 1 saturated carbocycles. The van der Waals surface area contributed by atoms with E-state index in [4.69, 9.17) is 9.47 Å². The zero-order valence-corrected chi connectivity index (χ0v) is 14.6. The fourth-order valence-electron chi connectivity index (χ4n) is 3.28. The van der Waals surface area contributed by atoms with E-state index < -0.39 is 9.84 Å². The number of carbonyl (C=O) groups excluding carboxylic acids is 1. The summed E-state index contributed by atoms with van der Waals surface area (Å²) < 4.78 is 34.6. The number of carbonyl (C=O) groups is 1. The van der Waals surface area contributed by atoms with Crippen LogP contribution in [0, 0.1) is 5.92 Å². The monoisotopic (exact) mass is 353 g/mol. The van der Waals surface area contributed by atoms with Gasteiger partial charge in [0.15, 0.2) is 11.5 Å². The van der Waals surface area contributed by atoms with Gasteiger partial charge in [-0.3, -0.25) is 4.79 Å². The van der Waals surface area contributed by atoms with Crippen molar-refractivity contribution in [2.24, 2.45) is 5.92 Å². The fraction of sp³-hybridized carbons (Fsp3) is 0.588. The first kappa shape index (κ1) is 17.1. The van der Waals surface area contributed by atoms with E-state index in [2.05, 4.69) is 5.32 Å². The zero-order chi connectivity index (χ0) is 17.2. The van der Waals surface area contributed by atoms with Crippen LogP contribution >= 0.6 is 0 Å². The number of benzene rings is 1. The molecule has 0 atom stereocenters. The van der Waals surface area contributed by atoms with Crippen molar-refractivity contribution < 1.29 is 22.7 Å². The maximum Gasteiger partial charge on any atom is 0.227 e. The molecule has 0 aromatic heterocycles. The van der Waals surface area contributed by atoms with E-state index in [0.29, 0.717) is 56.1 Å². The Morgan fingerprint density at radius 3 is 2.54 bits per heavy atom. The highest BCUT2D eigenvalue weighted by molar-refractivity contribution is 7.91. The van der Waals surface area contributed by atoms with Crippen molar-refractivity contribution in [2.45, 2.75) is 37.4 Å². The molecule has 132 valence electrons. The Bertz CT molecular complexity index is 708. The molecule has 7 heteroatoms. The van der Waals surface area contributed by atoms with Crippen LogP contribution < -0.4 is 14.8 Å². The first-order chi connectivity index (χ1) is 11.4. The minimum absolute atomic E-state index is 0.0804. The summed E-state index contributed by atoms with van der Waals surface area (Å²) in [7, 11) is -3.02. The van der Waals surface area contributed by atoms with Gasteiger partial charge in [-0.2, -0.15) is 0 Å². The normalized spacial score (nSPS) is 24.0. The predicted octanol–water partition coefficient (Wildman–Crippen LogP) is 2.39. The van der Waals surface area contributed by atoms with Gasteiger partial charge in [-0.25, -0.2) is 8.42 Å². The summed E-state index contributed by atoms with van der Waals surface area (Å²) in [5.74, 6) is 0.980. The predicted molar refractivity (Wildman–Crippen MR) is 91.3 cm³/mol. The Morgan fingerprint density at radius 1 is 1.12 bits per heavy atom. The number of sulfone groups is 1. The molecule has 1 heterocycles. The molecule has 1 fully saturated rings. The molecule has 1 aromatic rings. The maximum absolute atomic E-state index is 12.5. The van der Waals surface area contributed by atoms with E-state index in [1.54, 1.807) is 6.07 Å². The van der Waals surface area contributed by atoms with Crippen LogP contribution in [-0.2, 0) is 14.6 Å². The highest BCUT2D eigenvalue weighted by Crippen LogP contribution is 2.38. The number of fused-ring (bicyclic) bond motifs is 1. The number of nitrogens with one attached hydrogen (secondary N) is 1. The van der Waals surface area contributed by atoms with Crippen molar-refractivity contribution in [2.75, 3.05) is 24.8 Å². The minimum Gasteiger partial charge on any atom is -0.489 e. The molecule has 24 heavy (non-hydrogen) atoms. The Labute approximate surface area is 142 Å². The third-order valence-electron chi connectivity index (χ3n) is 4.68. The molecule has 1 amide bonds. The molecule has 0 bridgehead atoms. The third-order valence-corrected chi connectivity index (χ3v) is 6.36. The smallest absolute Gasteiger partial charge is 0.227 e. The van der Waals surface area contributed by atoms with Gasteiger partial charge in [0.25, 0.3) is 0 Å². The van der Waals surface area contributed by atoms with Crippen molar-refractivity contribution in [3.8, 4) is 11.5 Å². The molecule has 1 N–H and O–H groups in total. The summed E-state index contributed by atoms with van der Waals surface area (Å²) in [6.07, 6.45) is 4.35. The Morgan fingerprint density at radius 2 is 1.83 bits per heavy atom. The van der Waals surface area contributed by atoms with Crippen LogP contribution in [0.3, 0.4) is 0 Å². The number of rotatable bonds is 3. The average Bonchev–Trinajstić information content (AvgIpc) is 2.80. The summed E-state index contributed by atoms with van der Waals surface area (Å²) in [4.78, 5) is 12.5. The zero-order valence-electron chi connectivity index (χ0n) is 13.8. The van der Waals surface area contributed by atoms with Crippen molar-refractivity contribution in [3.63, 3.8) is 0 Å². The second-order valence-corrected chi connectivity index (χ2v) is 8.80. The van der Waals surface area contributed by atoms with Crippen LogP contribution in [0.15, 0.2) is 18.2 Å². The largest absolute Gasteiger partial charge is 0.489 e. The Hall–Kier alpha value is -1.76. The first-order valence-electron chi connectivity index (χ1n) is 8.33. The van der Waals surface area contributed by atoms with Crippen LogP contribution in [0.25, 0.3) is 0 Å². The van der Waals surface area contributed by atoms with Gasteiger partial charge in [-0.1, -0.05) is 6.07 Å². The number of para-hydroxylation sites is 1. The highest BCUT2D eigenvalue weighted by Gasteiger charge is 2.31. The summed E-state index contributed by atoms with van der Waals surface area (Å²) in [5, 5.41) is 2.61. The van der Waals surface area contributed by atoms with Crippen LogP contribution in [-0.4, -0.2) is 39.0 Å². The summed E-state index contributed by atoms with van der Waals surface area (Å²) in [5.41, 5.74) is 0.615. The Balaban J connectivity index is 1.66. The standard InChI is InChI=1S/C17H23NO5S/c1-24(20,21)13-8-6-12(7-9-13)17(19)18-14-4-2-5-15-16(14)23-11-3-10-22-15/h2,4-5,12-13H,3,6-11H2,1H3,(H,18,19). The van der Waals surface area contributed by atoms with E-state index in [1.165, 1.54) is 6.26 Å². The van der Waals surface area contributed by atoms with Crippen molar-refractivity contribution >= 4 is 21.4 Å². The van der Waals surface area contributed by atoms with E-state index in [-0.39, 0.29) is 17.1 Å². The van der Waals surface area contributed by atoms with E-state index in [9.17, 15) is 13.2 Å². The molecule has 2 aliphatic rings. The first-order valence-corrected chi connectivity index (χ1v) is 10.3. The molecule has 1 aliphatic carbocycles. The molecule has 0 unspecified atom stereocenters. The lowest BCUT2D eigenvalue weighted by atomic mass is 9.88. The van der Waals surface area contributed by atoms with Crippen molar-refractivity contribution in [3.05, 3.63) is 18.2 Å². The molecule has 0 spiro atoms. The lowest BCUT2D eigenvalue weighted by molar-refractivity contribution is -0.120. The number of hydrogen-bond acceptors (Lipinski definition) is 5. The van der Waals surface area contributed by atoms with Crippen LogP contribution in [0.1, 0.15) is 32.1 Å². The number of amides is 1. The SMILES string of the molecule is CS(=O)(=O)C1CCC(C(=O)Nc2cccc3c2OCCCO3)CC1. The third kappa shape index (κ3) is 3.83. The lowest BCUT2D eigenvalue weighted by Crippen LogP contribution is -2.32. The van der Waals surface area contributed by atoms with Gasteiger partial charge in [-0.05, 0) is 37.8 Å². The van der Waals surface area contributed by atoms with Crippen molar-refractivity contribution in [1.82, 2.24) is 0 Å². The second kappa shape index (κ2) is 7.01. The van der Waals surface area contributed by atoms with E-state index >= 15 is 0 Å². The lowest BCUT2D eigenvalue weighted by Gasteiger charge is -2.26. The van der Waals surface area contributed by atoms with Crippen LogP contribution in [0.5, 0.6) is 11.5 Å². The van der Waals surface area contributed by atoms with Gasteiger partial charge in [0, 0.05) is 18.6 Å². The molecule has 0 radical (unpaired) electrons. The van der Waals surface area contributed by atoms with Gasteiger partial charge in [0.2, 0.25) is 5.91 Å². The number of hydrogen-bond donors (Lipinski definition) is 1. The minimum atomic E-state index is -3.02. The summed E-state index contributed by atoms with van der Waals surface area (Å²) in [6.45, 7) is 1.15. The molecule has 1 aromatic carbocycles. The van der Waals surface area contributed by atoms with Gasteiger partial charge in [0.05, 0.1) is 24.2 Å². The van der Waals surface area contributed by atoms with Gasteiger partial charge >= 0.3 is 0 Å². The number of anilines is 1. The van der Waals surface area contributed by atoms with Gasteiger partial charge in [0.1, 0.15) is 9.84 Å². The molecular formula is C17H23NO5S. The fourth-order valence-corrected chi connectivity index (χ4v) is 4.41. The molecule has 6 nitrogen and oxygen atoms in total. The number of ether oxygens (including phenoxy) is 2. The molecule has 0 saturated heterocycles. The topological polar surface area (TPSA) is 81.7 Å². The quantitative estimate of drug-likeness (QED) is 0.902. The van der Waals surface area contributed by atoms with Gasteiger partial charge < -0.3 is 14.8 Å². The molecule has 3 rings (SSSR count). The maximum atomic E-state index is 12.5. The van der Waals surface area contributed by atoms with Crippen molar-refractivity contribution in [1.29, 1.82) is 0 Å². The van der Waals surface area contributed by atoms with E-state index in [0.717, 1.165) is 6.42 Å². The average molecular weight is 353 g/mol. The molecular weight excluding hydrogens is 330 g/mol. The van der Waals surface area contributed by atoms with Gasteiger partial charge in [-0.15, -0.1) is 0 Å². The van der Waals surface area contributed by atoms with Crippen LogP contribution in [0.4, 0.5) is 5.69 Å².